The van der Waals surface area contributed by atoms with E-state index in [9.17, 15) is 31.5 Å². The number of hydrogen-bond donors (Lipinski definition) is 2. The molecule has 128 valence electrons. The third kappa shape index (κ3) is 3.06. The molecule has 0 aliphatic carbocycles. The number of halogens is 3. The van der Waals surface area contributed by atoms with Gasteiger partial charge in [-0.1, -0.05) is 0 Å². The van der Waals surface area contributed by atoms with Crippen molar-refractivity contribution >= 4 is 16.0 Å². The zero-order valence-corrected chi connectivity index (χ0v) is 12.8. The topological polar surface area (TPSA) is 94.9 Å². The number of β-amino-alcohol motifs (C(OH)–C–C–N with tert-alkyl or cyclic N) is 1. The molecule has 1 aliphatic rings. The van der Waals surface area contributed by atoms with Crippen molar-refractivity contribution in [2.45, 2.75) is 30.0 Å². The second kappa shape index (κ2) is 5.46. The van der Waals surface area contributed by atoms with Crippen LogP contribution in [0.3, 0.4) is 0 Å². The fourth-order valence-electron chi connectivity index (χ4n) is 2.38. The normalized spacial score (nSPS) is 23.2. The number of aryl methyl sites for hydroxylation is 1. The van der Waals surface area contributed by atoms with Gasteiger partial charge in [0.2, 0.25) is 10.0 Å². The van der Waals surface area contributed by atoms with E-state index >= 15 is 0 Å². The van der Waals surface area contributed by atoms with Crippen molar-refractivity contribution in [1.82, 2.24) is 4.31 Å². The van der Waals surface area contributed by atoms with Gasteiger partial charge in [0.05, 0.1) is 17.0 Å². The first kappa shape index (κ1) is 17.7. The molecule has 1 heterocycles. The standard InChI is InChI=1S/C13H14F3NO5S/c1-8-6-9(2-3-10(8)11(18)19)23(21,22)17-5-4-12(20,7-17)13(14,15)16/h2-3,6,20H,4-5,7H2,1H3,(H,18,19). The van der Waals surface area contributed by atoms with E-state index in [4.69, 9.17) is 5.11 Å². The smallest absolute Gasteiger partial charge is 0.418 e. The molecule has 6 nitrogen and oxygen atoms in total. The van der Waals surface area contributed by atoms with Crippen LogP contribution in [0, 0.1) is 6.92 Å². The fourth-order valence-corrected chi connectivity index (χ4v) is 3.96. The van der Waals surface area contributed by atoms with Crippen LogP contribution in [0.2, 0.25) is 0 Å². The van der Waals surface area contributed by atoms with E-state index in [1.807, 2.05) is 0 Å². The summed E-state index contributed by atoms with van der Waals surface area (Å²) in [6.07, 6.45) is -5.68. The second-order valence-corrected chi connectivity index (χ2v) is 7.34. The minimum Gasteiger partial charge on any atom is -0.478 e. The van der Waals surface area contributed by atoms with Crippen molar-refractivity contribution in [2.24, 2.45) is 0 Å². The van der Waals surface area contributed by atoms with Gasteiger partial charge in [0.1, 0.15) is 0 Å². The molecule has 0 bridgehead atoms. The molecule has 1 unspecified atom stereocenters. The molecule has 1 aromatic carbocycles. The highest BCUT2D eigenvalue weighted by molar-refractivity contribution is 7.89. The Kier molecular flexibility index (Phi) is 4.20. The summed E-state index contributed by atoms with van der Waals surface area (Å²) in [5.41, 5.74) is -3.00. The van der Waals surface area contributed by atoms with E-state index in [1.54, 1.807) is 0 Å². The number of rotatable bonds is 3. The molecule has 1 aliphatic heterocycles. The van der Waals surface area contributed by atoms with Crippen molar-refractivity contribution in [3.05, 3.63) is 29.3 Å². The number of alkyl halides is 3. The van der Waals surface area contributed by atoms with Gasteiger partial charge in [-0.25, -0.2) is 13.2 Å². The number of carboxylic acids is 1. The molecule has 10 heteroatoms. The molecule has 1 saturated heterocycles. The Labute approximate surface area is 130 Å². The molecule has 1 fully saturated rings. The molecule has 0 spiro atoms. The first-order valence-corrected chi connectivity index (χ1v) is 7.96. The maximum absolute atomic E-state index is 12.8. The van der Waals surface area contributed by atoms with E-state index in [0.717, 1.165) is 18.2 Å². The van der Waals surface area contributed by atoms with Gasteiger partial charge in [-0.15, -0.1) is 0 Å². The second-order valence-electron chi connectivity index (χ2n) is 5.40. The number of aromatic carboxylic acids is 1. The van der Waals surface area contributed by atoms with Crippen LogP contribution < -0.4 is 0 Å². The van der Waals surface area contributed by atoms with E-state index in [2.05, 4.69) is 0 Å². The summed E-state index contributed by atoms with van der Waals surface area (Å²) in [7, 11) is -4.25. The van der Waals surface area contributed by atoms with E-state index in [0.29, 0.717) is 4.31 Å². The number of nitrogens with zero attached hydrogens (tertiary/aromatic N) is 1. The van der Waals surface area contributed by atoms with Gasteiger partial charge >= 0.3 is 12.1 Å². The molecule has 0 aromatic heterocycles. The van der Waals surface area contributed by atoms with Gasteiger partial charge in [-0.2, -0.15) is 17.5 Å². The highest BCUT2D eigenvalue weighted by atomic mass is 32.2. The third-order valence-electron chi connectivity index (χ3n) is 3.81. The van der Waals surface area contributed by atoms with Gasteiger partial charge in [0.15, 0.2) is 5.60 Å². The van der Waals surface area contributed by atoms with E-state index in [1.165, 1.54) is 6.92 Å². The Balaban J connectivity index is 2.34. The Morgan fingerprint density at radius 3 is 2.39 bits per heavy atom. The lowest BCUT2D eigenvalue weighted by molar-refractivity contribution is -0.252. The number of hydrogen-bond acceptors (Lipinski definition) is 4. The summed E-state index contributed by atoms with van der Waals surface area (Å²) < 4.78 is 63.7. The molecule has 0 radical (unpaired) electrons. The van der Waals surface area contributed by atoms with Crippen LogP contribution in [0.15, 0.2) is 23.1 Å². The Bertz CT molecular complexity index is 746. The number of carbonyl (C=O) groups is 1. The van der Waals surface area contributed by atoms with Crippen molar-refractivity contribution in [1.29, 1.82) is 0 Å². The number of benzene rings is 1. The molecule has 0 amide bonds. The van der Waals surface area contributed by atoms with Gasteiger partial charge in [0.25, 0.3) is 0 Å². The van der Waals surface area contributed by atoms with Crippen LogP contribution >= 0.6 is 0 Å². The molecule has 2 N–H and O–H groups in total. The molecular weight excluding hydrogens is 339 g/mol. The van der Waals surface area contributed by atoms with Crippen LogP contribution in [0.25, 0.3) is 0 Å². The molecule has 2 rings (SSSR count). The maximum Gasteiger partial charge on any atom is 0.418 e. The maximum atomic E-state index is 12.8. The van der Waals surface area contributed by atoms with Crippen LogP contribution in [-0.4, -0.2) is 53.8 Å². The summed E-state index contributed by atoms with van der Waals surface area (Å²) in [6, 6.07) is 3.19. The lowest BCUT2D eigenvalue weighted by Gasteiger charge is -2.25. The zero-order chi connectivity index (χ0) is 17.6. The lowest BCUT2D eigenvalue weighted by atomic mass is 10.0. The molecule has 23 heavy (non-hydrogen) atoms. The van der Waals surface area contributed by atoms with Crippen molar-refractivity contribution < 1.29 is 36.6 Å². The highest BCUT2D eigenvalue weighted by Gasteiger charge is 2.58. The summed E-state index contributed by atoms with van der Waals surface area (Å²) >= 11 is 0. The van der Waals surface area contributed by atoms with Crippen molar-refractivity contribution in [3.8, 4) is 0 Å². The molecule has 1 aromatic rings. The predicted molar refractivity (Wildman–Crippen MR) is 72.5 cm³/mol. The van der Waals surface area contributed by atoms with Crippen LogP contribution in [0.1, 0.15) is 22.3 Å². The first-order valence-electron chi connectivity index (χ1n) is 6.52. The van der Waals surface area contributed by atoms with Gasteiger partial charge in [-0.05, 0) is 30.7 Å². The SMILES string of the molecule is Cc1cc(S(=O)(=O)N2CCC(O)(C(F)(F)F)C2)ccc1C(=O)O. The Morgan fingerprint density at radius 1 is 1.35 bits per heavy atom. The fraction of sp³-hybridized carbons (Fsp3) is 0.462. The van der Waals surface area contributed by atoms with Crippen molar-refractivity contribution in [2.75, 3.05) is 13.1 Å². The molecule has 0 saturated carbocycles. The van der Waals surface area contributed by atoms with Crippen molar-refractivity contribution in [3.63, 3.8) is 0 Å². The largest absolute Gasteiger partial charge is 0.478 e. The van der Waals surface area contributed by atoms with Crippen LogP contribution in [0.5, 0.6) is 0 Å². The number of sulfonamides is 1. The van der Waals surface area contributed by atoms with Crippen LogP contribution in [-0.2, 0) is 10.0 Å². The highest BCUT2D eigenvalue weighted by Crippen LogP contribution is 2.39. The van der Waals surface area contributed by atoms with Gasteiger partial charge in [0, 0.05) is 13.0 Å². The van der Waals surface area contributed by atoms with Crippen LogP contribution in [0.4, 0.5) is 13.2 Å². The minimum absolute atomic E-state index is 0.0998. The summed E-state index contributed by atoms with van der Waals surface area (Å²) in [5.74, 6) is -1.24. The molecule has 1 atom stereocenters. The monoisotopic (exact) mass is 353 g/mol. The van der Waals surface area contributed by atoms with Gasteiger partial charge in [-0.3, -0.25) is 0 Å². The quantitative estimate of drug-likeness (QED) is 0.856. The number of carboxylic acid groups (broad SMARTS) is 1. The lowest BCUT2D eigenvalue weighted by Crippen LogP contribution is -2.48. The minimum atomic E-state index is -4.93. The van der Waals surface area contributed by atoms with E-state index in [-0.39, 0.29) is 16.0 Å². The zero-order valence-electron chi connectivity index (χ0n) is 12.0. The average Bonchev–Trinajstić information content (AvgIpc) is 2.82. The Morgan fingerprint density at radius 2 is 1.96 bits per heavy atom. The summed E-state index contributed by atoms with van der Waals surface area (Å²) in [6.45, 7) is -0.171. The summed E-state index contributed by atoms with van der Waals surface area (Å²) in [5, 5.41) is 18.5. The molecular formula is C13H14F3NO5S. The first-order chi connectivity index (χ1) is 10.4. The predicted octanol–water partition coefficient (Wildman–Crippen LogP) is 1.38. The third-order valence-corrected chi connectivity index (χ3v) is 5.65. The van der Waals surface area contributed by atoms with Gasteiger partial charge < -0.3 is 10.2 Å². The van der Waals surface area contributed by atoms with E-state index < -0.39 is 47.3 Å². The average molecular weight is 353 g/mol. The Hall–Kier alpha value is -1.65. The number of aliphatic hydroxyl groups is 1. The summed E-state index contributed by atoms with van der Waals surface area (Å²) in [4.78, 5) is 10.6.